The maximum absolute atomic E-state index is 13.0. The largest absolute Gasteiger partial charge is 0.467 e. The van der Waals surface area contributed by atoms with Gasteiger partial charge >= 0.3 is 5.69 Å². The Morgan fingerprint density at radius 2 is 1.92 bits per heavy atom. The van der Waals surface area contributed by atoms with Crippen molar-refractivity contribution in [3.8, 4) is 0 Å². The summed E-state index contributed by atoms with van der Waals surface area (Å²) in [6.07, 6.45) is 2.70. The summed E-state index contributed by atoms with van der Waals surface area (Å²) in [6.45, 7) is 0.237. The SMILES string of the molecule is O=[N+]([O-])c1c(NCc2ccco2)ncnc1Nc1ccc(F)cc1. The molecule has 2 aromatic heterocycles. The summed E-state index contributed by atoms with van der Waals surface area (Å²) in [4.78, 5) is 18.6. The van der Waals surface area contributed by atoms with Crippen LogP contribution in [0.2, 0.25) is 0 Å². The Hall–Kier alpha value is -3.49. The second-order valence-corrected chi connectivity index (χ2v) is 4.74. The lowest BCUT2D eigenvalue weighted by Gasteiger charge is -2.09. The summed E-state index contributed by atoms with van der Waals surface area (Å²) >= 11 is 0. The Bertz CT molecular complexity index is 837. The van der Waals surface area contributed by atoms with Gasteiger partial charge in [0.2, 0.25) is 11.6 Å². The number of anilines is 3. The van der Waals surface area contributed by atoms with Crippen LogP contribution in [0.1, 0.15) is 5.76 Å². The Kier molecular flexibility index (Phi) is 4.32. The molecular weight excluding hydrogens is 317 g/mol. The fraction of sp³-hybridized carbons (Fsp3) is 0.0667. The topological polar surface area (TPSA) is 106 Å². The van der Waals surface area contributed by atoms with Gasteiger partial charge in [0.1, 0.15) is 17.9 Å². The van der Waals surface area contributed by atoms with E-state index in [0.29, 0.717) is 11.4 Å². The summed E-state index contributed by atoms with van der Waals surface area (Å²) in [5.41, 5.74) is 0.156. The molecule has 24 heavy (non-hydrogen) atoms. The van der Waals surface area contributed by atoms with Crippen molar-refractivity contribution in [1.82, 2.24) is 9.97 Å². The molecule has 0 fully saturated rings. The number of aromatic nitrogens is 2. The van der Waals surface area contributed by atoms with Gasteiger partial charge in [-0.05, 0) is 36.4 Å². The van der Waals surface area contributed by atoms with Crippen LogP contribution in [0.25, 0.3) is 0 Å². The van der Waals surface area contributed by atoms with E-state index in [0.717, 1.165) is 0 Å². The molecule has 0 unspecified atom stereocenters. The lowest BCUT2D eigenvalue weighted by Crippen LogP contribution is -2.08. The predicted molar refractivity (Wildman–Crippen MR) is 84.4 cm³/mol. The van der Waals surface area contributed by atoms with Crippen LogP contribution < -0.4 is 10.6 Å². The minimum absolute atomic E-state index is 0.00329. The third-order valence-electron chi connectivity index (χ3n) is 3.12. The minimum Gasteiger partial charge on any atom is -0.467 e. The molecular formula is C15H12FN5O3. The maximum Gasteiger partial charge on any atom is 0.353 e. The van der Waals surface area contributed by atoms with Gasteiger partial charge in [0.15, 0.2) is 0 Å². The van der Waals surface area contributed by atoms with Gasteiger partial charge in [0, 0.05) is 5.69 Å². The molecule has 0 saturated heterocycles. The number of hydrogen-bond donors (Lipinski definition) is 2. The number of nitrogens with zero attached hydrogens (tertiary/aromatic N) is 3. The zero-order valence-corrected chi connectivity index (χ0v) is 12.3. The second-order valence-electron chi connectivity index (χ2n) is 4.74. The lowest BCUT2D eigenvalue weighted by atomic mass is 10.3. The molecule has 0 amide bonds. The summed E-state index contributed by atoms with van der Waals surface area (Å²) < 4.78 is 18.1. The van der Waals surface area contributed by atoms with Gasteiger partial charge in [-0.25, -0.2) is 14.4 Å². The van der Waals surface area contributed by atoms with Crippen molar-refractivity contribution in [1.29, 1.82) is 0 Å². The van der Waals surface area contributed by atoms with E-state index in [9.17, 15) is 14.5 Å². The van der Waals surface area contributed by atoms with Crippen molar-refractivity contribution in [3.05, 3.63) is 70.7 Å². The molecule has 122 valence electrons. The lowest BCUT2D eigenvalue weighted by molar-refractivity contribution is -0.383. The molecule has 0 radical (unpaired) electrons. The molecule has 0 aliphatic carbocycles. The van der Waals surface area contributed by atoms with E-state index in [4.69, 9.17) is 4.42 Å². The molecule has 2 N–H and O–H groups in total. The zero-order valence-electron chi connectivity index (χ0n) is 12.3. The zero-order chi connectivity index (χ0) is 16.9. The summed E-state index contributed by atoms with van der Waals surface area (Å²) in [5, 5.41) is 17.0. The second kappa shape index (κ2) is 6.73. The van der Waals surface area contributed by atoms with Crippen molar-refractivity contribution < 1.29 is 13.7 Å². The van der Waals surface area contributed by atoms with E-state index >= 15 is 0 Å². The van der Waals surface area contributed by atoms with Gasteiger partial charge in [-0.15, -0.1) is 0 Å². The highest BCUT2D eigenvalue weighted by atomic mass is 19.1. The highest BCUT2D eigenvalue weighted by Gasteiger charge is 2.23. The molecule has 0 atom stereocenters. The van der Waals surface area contributed by atoms with E-state index in [2.05, 4.69) is 20.6 Å². The van der Waals surface area contributed by atoms with E-state index in [1.807, 2.05) is 0 Å². The van der Waals surface area contributed by atoms with Gasteiger partial charge < -0.3 is 15.1 Å². The normalized spacial score (nSPS) is 10.4. The molecule has 0 aliphatic rings. The fourth-order valence-electron chi connectivity index (χ4n) is 2.03. The number of nitrogens with one attached hydrogen (secondary N) is 2. The van der Waals surface area contributed by atoms with Crippen molar-refractivity contribution >= 4 is 23.0 Å². The van der Waals surface area contributed by atoms with Crippen molar-refractivity contribution in [2.75, 3.05) is 10.6 Å². The van der Waals surface area contributed by atoms with Crippen LogP contribution in [0.5, 0.6) is 0 Å². The van der Waals surface area contributed by atoms with E-state index in [-0.39, 0.29) is 23.9 Å². The first kappa shape index (κ1) is 15.4. The first-order valence-electron chi connectivity index (χ1n) is 6.91. The first-order chi connectivity index (χ1) is 11.6. The highest BCUT2D eigenvalue weighted by Crippen LogP contribution is 2.31. The standard InChI is InChI=1S/C15H12FN5O3/c16-10-3-5-11(6-4-10)20-15-13(21(22)23)14(18-9-19-15)17-8-12-2-1-7-24-12/h1-7,9H,8H2,(H2,17,18,19,20). The summed E-state index contributed by atoms with van der Waals surface area (Å²) in [7, 11) is 0. The van der Waals surface area contributed by atoms with Gasteiger partial charge in [-0.3, -0.25) is 10.1 Å². The highest BCUT2D eigenvalue weighted by molar-refractivity contribution is 5.73. The molecule has 0 saturated carbocycles. The third kappa shape index (κ3) is 3.46. The van der Waals surface area contributed by atoms with Crippen LogP contribution in [0.3, 0.4) is 0 Å². The number of nitro groups is 1. The van der Waals surface area contributed by atoms with Crippen LogP contribution in [0.15, 0.2) is 53.4 Å². The molecule has 0 aliphatic heterocycles. The van der Waals surface area contributed by atoms with Crippen molar-refractivity contribution in [2.45, 2.75) is 6.54 Å². The summed E-state index contributed by atoms with van der Waals surface area (Å²) in [6, 6.07) is 8.84. The number of rotatable bonds is 6. The molecule has 0 bridgehead atoms. The van der Waals surface area contributed by atoms with Crippen LogP contribution in [0, 0.1) is 15.9 Å². The monoisotopic (exact) mass is 329 g/mol. The minimum atomic E-state index is -0.587. The van der Waals surface area contributed by atoms with E-state index in [1.54, 1.807) is 12.1 Å². The van der Waals surface area contributed by atoms with Gasteiger partial charge in [-0.2, -0.15) is 0 Å². The molecule has 3 rings (SSSR count). The number of halogens is 1. The van der Waals surface area contributed by atoms with Gasteiger partial charge in [0.25, 0.3) is 0 Å². The molecule has 0 spiro atoms. The third-order valence-corrected chi connectivity index (χ3v) is 3.12. The molecule has 1 aromatic carbocycles. The Balaban J connectivity index is 1.87. The van der Waals surface area contributed by atoms with Crippen molar-refractivity contribution in [2.24, 2.45) is 0 Å². The fourth-order valence-corrected chi connectivity index (χ4v) is 2.03. The van der Waals surface area contributed by atoms with E-state index < -0.39 is 10.7 Å². The maximum atomic E-state index is 13.0. The summed E-state index contributed by atoms with van der Waals surface area (Å²) in [5.74, 6) is 0.258. The number of hydrogen-bond acceptors (Lipinski definition) is 7. The number of benzene rings is 1. The van der Waals surface area contributed by atoms with Crippen LogP contribution in [-0.4, -0.2) is 14.9 Å². The molecule has 3 aromatic rings. The molecule has 9 heteroatoms. The quantitative estimate of drug-likeness (QED) is 0.527. The van der Waals surface area contributed by atoms with E-state index in [1.165, 1.54) is 36.9 Å². The number of furan rings is 1. The smallest absolute Gasteiger partial charge is 0.353 e. The first-order valence-corrected chi connectivity index (χ1v) is 6.91. The predicted octanol–water partition coefficient (Wildman–Crippen LogP) is 3.47. The average molecular weight is 329 g/mol. The van der Waals surface area contributed by atoms with Gasteiger partial charge in [-0.1, -0.05) is 0 Å². The Morgan fingerprint density at radius 1 is 1.17 bits per heavy atom. The Labute approximate surface area is 135 Å². The molecule has 2 heterocycles. The molecule has 8 nitrogen and oxygen atoms in total. The average Bonchev–Trinajstić information content (AvgIpc) is 3.08. The van der Waals surface area contributed by atoms with Crippen molar-refractivity contribution in [3.63, 3.8) is 0 Å². The van der Waals surface area contributed by atoms with Crippen LogP contribution in [-0.2, 0) is 6.54 Å². The Morgan fingerprint density at radius 3 is 2.58 bits per heavy atom. The van der Waals surface area contributed by atoms with Crippen LogP contribution >= 0.6 is 0 Å². The van der Waals surface area contributed by atoms with Gasteiger partial charge in [0.05, 0.1) is 17.7 Å². The van der Waals surface area contributed by atoms with Crippen LogP contribution in [0.4, 0.5) is 27.4 Å².